The Labute approximate surface area is 104 Å². The van der Waals surface area contributed by atoms with Crippen LogP contribution in [0.3, 0.4) is 0 Å². The highest BCUT2D eigenvalue weighted by atomic mass is 16.5. The molecule has 2 N–H and O–H groups in total. The average Bonchev–Trinajstić information content (AvgIpc) is 2.31. The van der Waals surface area contributed by atoms with Crippen LogP contribution in [0, 0.1) is 5.92 Å². The van der Waals surface area contributed by atoms with Gasteiger partial charge in [-0.1, -0.05) is 44.4 Å². The van der Waals surface area contributed by atoms with E-state index in [1.54, 1.807) is 0 Å². The number of benzene rings is 1. The van der Waals surface area contributed by atoms with Gasteiger partial charge in [0.1, 0.15) is 5.75 Å². The third-order valence-corrected chi connectivity index (χ3v) is 3.59. The van der Waals surface area contributed by atoms with Gasteiger partial charge in [-0.15, -0.1) is 0 Å². The van der Waals surface area contributed by atoms with Crippen LogP contribution in [0.5, 0.6) is 5.75 Å². The molecule has 0 bridgehead atoms. The Balaban J connectivity index is 2.01. The van der Waals surface area contributed by atoms with Gasteiger partial charge in [0.05, 0.1) is 6.61 Å². The third-order valence-electron chi connectivity index (χ3n) is 3.59. The summed E-state index contributed by atoms with van der Waals surface area (Å²) in [7, 11) is 0. The molecule has 2 heteroatoms. The van der Waals surface area contributed by atoms with Crippen LogP contribution in [0.15, 0.2) is 24.3 Å². The minimum atomic E-state index is 0.133. The second-order valence-corrected chi connectivity index (χ2v) is 5.03. The van der Waals surface area contributed by atoms with Crippen molar-refractivity contribution >= 4 is 0 Å². The van der Waals surface area contributed by atoms with E-state index in [0.717, 1.165) is 31.1 Å². The molecule has 0 saturated heterocycles. The first-order valence-electron chi connectivity index (χ1n) is 6.78. The van der Waals surface area contributed by atoms with Crippen molar-refractivity contribution in [1.82, 2.24) is 0 Å². The Bertz CT molecular complexity index is 347. The van der Waals surface area contributed by atoms with Gasteiger partial charge in [0.2, 0.25) is 0 Å². The maximum Gasteiger partial charge on any atom is 0.124 e. The van der Waals surface area contributed by atoms with Gasteiger partial charge in [0.25, 0.3) is 0 Å². The fourth-order valence-electron chi connectivity index (χ4n) is 2.34. The molecular weight excluding hydrogens is 210 g/mol. The number of rotatable bonds is 6. The molecule has 2 rings (SSSR count). The van der Waals surface area contributed by atoms with E-state index in [9.17, 15) is 0 Å². The predicted octanol–water partition coefficient (Wildman–Crippen LogP) is 3.67. The highest BCUT2D eigenvalue weighted by Gasteiger charge is 2.22. The summed E-state index contributed by atoms with van der Waals surface area (Å²) in [6.45, 7) is 2.89. The van der Waals surface area contributed by atoms with Gasteiger partial charge in [-0.3, -0.25) is 0 Å². The maximum atomic E-state index is 6.30. The standard InChI is InChI=1S/C15H23NO/c1-2-10-17-15-9-4-3-8-13(15)14(16)11-12-6-5-7-12/h3-4,8-9,12,14H,2,5-7,10-11,16H2,1H3. The first-order chi connectivity index (χ1) is 8.31. The lowest BCUT2D eigenvalue weighted by Gasteiger charge is -2.28. The van der Waals surface area contributed by atoms with Crippen molar-refractivity contribution in [3.05, 3.63) is 29.8 Å². The molecule has 1 unspecified atom stereocenters. The van der Waals surface area contributed by atoms with Crippen LogP contribution < -0.4 is 10.5 Å². The van der Waals surface area contributed by atoms with Gasteiger partial charge in [0.15, 0.2) is 0 Å². The summed E-state index contributed by atoms with van der Waals surface area (Å²) in [5, 5.41) is 0. The second-order valence-electron chi connectivity index (χ2n) is 5.03. The van der Waals surface area contributed by atoms with Crippen molar-refractivity contribution in [1.29, 1.82) is 0 Å². The molecule has 0 heterocycles. The summed E-state index contributed by atoms with van der Waals surface area (Å²) >= 11 is 0. The van der Waals surface area contributed by atoms with Crippen LogP contribution in [-0.2, 0) is 0 Å². The zero-order valence-corrected chi connectivity index (χ0v) is 10.7. The van der Waals surface area contributed by atoms with E-state index < -0.39 is 0 Å². The van der Waals surface area contributed by atoms with E-state index in [1.807, 2.05) is 12.1 Å². The van der Waals surface area contributed by atoms with Crippen molar-refractivity contribution in [2.45, 2.75) is 45.1 Å². The normalized spacial score (nSPS) is 17.5. The van der Waals surface area contributed by atoms with Gasteiger partial charge < -0.3 is 10.5 Å². The van der Waals surface area contributed by atoms with Crippen molar-refractivity contribution in [3.63, 3.8) is 0 Å². The van der Waals surface area contributed by atoms with E-state index in [0.29, 0.717) is 0 Å². The Hall–Kier alpha value is -1.02. The van der Waals surface area contributed by atoms with Crippen LogP contribution in [0.25, 0.3) is 0 Å². The highest BCUT2D eigenvalue weighted by molar-refractivity contribution is 5.35. The van der Waals surface area contributed by atoms with Crippen molar-refractivity contribution in [2.24, 2.45) is 11.7 Å². The minimum absolute atomic E-state index is 0.133. The predicted molar refractivity (Wildman–Crippen MR) is 71.1 cm³/mol. The van der Waals surface area contributed by atoms with Crippen LogP contribution in [0.2, 0.25) is 0 Å². The molecule has 1 saturated carbocycles. The number of hydrogen-bond acceptors (Lipinski definition) is 2. The smallest absolute Gasteiger partial charge is 0.124 e. The molecule has 1 aromatic rings. The molecule has 1 atom stereocenters. The molecule has 17 heavy (non-hydrogen) atoms. The fraction of sp³-hybridized carbons (Fsp3) is 0.600. The Morgan fingerprint density at radius 2 is 2.12 bits per heavy atom. The lowest BCUT2D eigenvalue weighted by atomic mass is 9.80. The Morgan fingerprint density at radius 1 is 1.35 bits per heavy atom. The summed E-state index contributed by atoms with van der Waals surface area (Å²) in [4.78, 5) is 0. The third kappa shape index (κ3) is 3.22. The van der Waals surface area contributed by atoms with Crippen LogP contribution >= 0.6 is 0 Å². The molecule has 0 aliphatic heterocycles. The van der Waals surface area contributed by atoms with Gasteiger partial charge in [-0.05, 0) is 24.8 Å². The molecule has 1 aliphatic rings. The molecule has 94 valence electrons. The molecule has 0 radical (unpaired) electrons. The fourth-order valence-corrected chi connectivity index (χ4v) is 2.34. The molecule has 0 aromatic heterocycles. The second kappa shape index (κ2) is 6.06. The SMILES string of the molecule is CCCOc1ccccc1C(N)CC1CCC1. The van der Waals surface area contributed by atoms with Gasteiger partial charge >= 0.3 is 0 Å². The molecule has 0 amide bonds. The Morgan fingerprint density at radius 3 is 2.76 bits per heavy atom. The molecule has 1 fully saturated rings. The van der Waals surface area contributed by atoms with Crippen LogP contribution in [-0.4, -0.2) is 6.61 Å². The number of nitrogens with two attached hydrogens (primary N) is 1. The summed E-state index contributed by atoms with van der Waals surface area (Å²) in [6, 6.07) is 8.34. The Kier molecular flexibility index (Phi) is 4.43. The van der Waals surface area contributed by atoms with Gasteiger partial charge in [-0.25, -0.2) is 0 Å². The highest BCUT2D eigenvalue weighted by Crippen LogP contribution is 2.36. The molecule has 1 aliphatic carbocycles. The lowest BCUT2D eigenvalue weighted by Crippen LogP contribution is -2.20. The van der Waals surface area contributed by atoms with Gasteiger partial charge in [-0.2, -0.15) is 0 Å². The summed E-state index contributed by atoms with van der Waals surface area (Å²) < 4.78 is 5.76. The minimum Gasteiger partial charge on any atom is -0.493 e. The lowest BCUT2D eigenvalue weighted by molar-refractivity contribution is 0.270. The quantitative estimate of drug-likeness (QED) is 0.813. The van der Waals surface area contributed by atoms with Crippen LogP contribution in [0.1, 0.15) is 50.6 Å². The average molecular weight is 233 g/mol. The number of para-hydroxylation sites is 1. The van der Waals surface area contributed by atoms with E-state index in [-0.39, 0.29) is 6.04 Å². The molecule has 1 aromatic carbocycles. The van der Waals surface area contributed by atoms with Gasteiger partial charge in [0, 0.05) is 11.6 Å². The first kappa shape index (κ1) is 12.4. The van der Waals surface area contributed by atoms with Crippen LogP contribution in [0.4, 0.5) is 0 Å². The maximum absolute atomic E-state index is 6.30. The number of ether oxygens (including phenoxy) is 1. The first-order valence-corrected chi connectivity index (χ1v) is 6.78. The number of hydrogen-bond donors (Lipinski definition) is 1. The van der Waals surface area contributed by atoms with Crippen molar-refractivity contribution in [3.8, 4) is 5.75 Å². The monoisotopic (exact) mass is 233 g/mol. The molecule has 2 nitrogen and oxygen atoms in total. The van der Waals surface area contributed by atoms with E-state index >= 15 is 0 Å². The van der Waals surface area contributed by atoms with E-state index in [1.165, 1.54) is 24.8 Å². The van der Waals surface area contributed by atoms with Crippen molar-refractivity contribution < 1.29 is 4.74 Å². The summed E-state index contributed by atoms with van der Waals surface area (Å²) in [6.07, 6.45) is 6.22. The zero-order chi connectivity index (χ0) is 12.1. The topological polar surface area (TPSA) is 35.2 Å². The summed E-state index contributed by atoms with van der Waals surface area (Å²) in [5.41, 5.74) is 7.47. The van der Waals surface area contributed by atoms with E-state index in [2.05, 4.69) is 19.1 Å². The molecule has 0 spiro atoms. The summed E-state index contributed by atoms with van der Waals surface area (Å²) in [5.74, 6) is 1.81. The van der Waals surface area contributed by atoms with E-state index in [4.69, 9.17) is 10.5 Å². The van der Waals surface area contributed by atoms with Crippen molar-refractivity contribution in [2.75, 3.05) is 6.61 Å². The largest absolute Gasteiger partial charge is 0.493 e. The zero-order valence-electron chi connectivity index (χ0n) is 10.7. The molecular formula is C15H23NO.